The molecule has 276 valence electrons. The van der Waals surface area contributed by atoms with Crippen molar-refractivity contribution < 1.29 is 102 Å². The standard InChI is InChI=1S/3C14H21Si.3ClH.3Ti/c3*1-14(2,3)15-10-11-8-12-6-4-5-7-13(12)9-11;;;;;;/h3*8-9H,4-7,10H2,1-3H3;3*1H;;;/q3*-1;;;;3*+2/p-3. The first-order valence-corrected chi connectivity index (χ1v) is 21.8. The van der Waals surface area contributed by atoms with Crippen molar-refractivity contribution in [1.82, 2.24) is 0 Å². The topological polar surface area (TPSA) is 0 Å². The van der Waals surface area contributed by atoms with Crippen molar-refractivity contribution in [2.75, 3.05) is 0 Å². The minimum Gasteiger partial charge on any atom is -1.00 e. The summed E-state index contributed by atoms with van der Waals surface area (Å²) in [6.45, 7) is 21.1. The molecule has 6 rings (SSSR count). The predicted molar refractivity (Wildman–Crippen MR) is 204 cm³/mol. The number of rotatable bonds is 6. The van der Waals surface area contributed by atoms with Crippen molar-refractivity contribution in [2.24, 2.45) is 0 Å². The summed E-state index contributed by atoms with van der Waals surface area (Å²) < 4.78 is 0. The molecule has 0 heterocycles. The Morgan fingerprint density at radius 2 is 0.627 bits per heavy atom. The number of hydrogen-bond donors (Lipinski definition) is 0. The van der Waals surface area contributed by atoms with Gasteiger partial charge in [0.1, 0.15) is 0 Å². The fraction of sp³-hybridized carbons (Fsp3) is 0.643. The van der Waals surface area contributed by atoms with Gasteiger partial charge >= 0.3 is 65.2 Å². The van der Waals surface area contributed by atoms with Gasteiger partial charge in [0.15, 0.2) is 0 Å². The van der Waals surface area contributed by atoms with Gasteiger partial charge in [-0.2, -0.15) is 68.3 Å². The van der Waals surface area contributed by atoms with E-state index in [0.29, 0.717) is 15.1 Å². The fourth-order valence-electron chi connectivity index (χ4n) is 6.72. The number of hydrogen-bond acceptors (Lipinski definition) is 0. The third-order valence-corrected chi connectivity index (χ3v) is 14.2. The third-order valence-electron chi connectivity index (χ3n) is 9.29. The van der Waals surface area contributed by atoms with Gasteiger partial charge in [0.2, 0.25) is 0 Å². The van der Waals surface area contributed by atoms with Crippen molar-refractivity contribution in [3.05, 3.63) is 86.5 Å². The smallest absolute Gasteiger partial charge is 1.00 e. The summed E-state index contributed by atoms with van der Waals surface area (Å²) in [5.74, 6) is 0. The van der Waals surface area contributed by atoms with E-state index in [4.69, 9.17) is 0 Å². The minimum absolute atomic E-state index is 0. The largest absolute Gasteiger partial charge is 2.00 e. The van der Waals surface area contributed by atoms with Gasteiger partial charge in [-0.25, -0.2) is 18.2 Å². The molecule has 3 aliphatic rings. The van der Waals surface area contributed by atoms with E-state index in [9.17, 15) is 0 Å². The molecule has 0 N–H and O–H groups in total. The van der Waals surface area contributed by atoms with Crippen LogP contribution in [-0.4, -0.2) is 28.6 Å². The monoisotopic (exact) mass is 900 g/mol. The molecule has 6 radical (unpaired) electrons. The van der Waals surface area contributed by atoms with Crippen molar-refractivity contribution >= 4 is 28.6 Å². The van der Waals surface area contributed by atoms with Gasteiger partial charge in [-0.1, -0.05) is 157 Å². The second-order valence-corrected chi connectivity index (χ2v) is 23.8. The van der Waals surface area contributed by atoms with Crippen molar-refractivity contribution in [3.63, 3.8) is 0 Å². The molecular weight excluding hydrogens is 839 g/mol. The van der Waals surface area contributed by atoms with Crippen LogP contribution < -0.4 is 37.2 Å². The number of halogens is 3. The van der Waals surface area contributed by atoms with Crippen LogP contribution in [0, 0.1) is 0 Å². The maximum atomic E-state index is 2.47. The summed E-state index contributed by atoms with van der Waals surface area (Å²) in [6, 6.07) is 18.7. The molecule has 0 atom stereocenters. The maximum absolute atomic E-state index is 2.47. The zero-order valence-corrected chi connectivity index (χ0v) is 43.2. The summed E-state index contributed by atoms with van der Waals surface area (Å²) in [4.78, 5) is 0. The van der Waals surface area contributed by atoms with E-state index in [1.54, 1.807) is 50.1 Å². The third kappa shape index (κ3) is 21.7. The van der Waals surface area contributed by atoms with Crippen LogP contribution in [0.1, 0.15) is 151 Å². The molecule has 9 heteroatoms. The normalized spacial score (nSPS) is 14.5. The van der Waals surface area contributed by atoms with Gasteiger partial charge in [-0.15, -0.1) is 0 Å². The summed E-state index contributed by atoms with van der Waals surface area (Å²) in [5, 5.41) is 1.49. The Hall–Kier alpha value is 1.71. The Balaban J connectivity index is -0.000000640. The molecular formula is C42H63Cl3Si3Ti3. The summed E-state index contributed by atoms with van der Waals surface area (Å²) in [7, 11) is 3.16. The Bertz CT molecular complexity index is 1110. The fourth-order valence-corrected chi connectivity index (χ4v) is 9.54. The zero-order valence-electron chi connectivity index (χ0n) is 33.2. The molecule has 3 aliphatic carbocycles. The van der Waals surface area contributed by atoms with Gasteiger partial charge in [-0.3, -0.25) is 0 Å². The minimum atomic E-state index is 0. The Labute approximate surface area is 386 Å². The van der Waals surface area contributed by atoms with Gasteiger partial charge in [0, 0.05) is 28.6 Å². The van der Waals surface area contributed by atoms with E-state index in [1.165, 1.54) is 95.2 Å². The van der Waals surface area contributed by atoms with E-state index in [-0.39, 0.29) is 102 Å². The van der Waals surface area contributed by atoms with E-state index >= 15 is 0 Å². The molecule has 51 heavy (non-hydrogen) atoms. The first-order valence-electron chi connectivity index (χ1n) is 18.2. The average molecular weight is 902 g/mol. The molecule has 0 spiro atoms. The summed E-state index contributed by atoms with van der Waals surface area (Å²) in [5.41, 5.74) is 14.7. The van der Waals surface area contributed by atoms with Crippen molar-refractivity contribution in [3.8, 4) is 0 Å². The van der Waals surface area contributed by atoms with Gasteiger partial charge in [0.25, 0.3) is 0 Å². The molecule has 0 fully saturated rings. The van der Waals surface area contributed by atoms with Crippen LogP contribution in [0.5, 0.6) is 0 Å². The van der Waals surface area contributed by atoms with Gasteiger partial charge < -0.3 is 37.2 Å². The van der Waals surface area contributed by atoms with E-state index in [2.05, 4.69) is 98.7 Å². The summed E-state index contributed by atoms with van der Waals surface area (Å²) in [6.07, 6.45) is 16.4. The molecule has 0 bridgehead atoms. The molecule has 0 saturated heterocycles. The molecule has 3 aromatic rings. The molecule has 0 aromatic heterocycles. The Kier molecular flexibility index (Phi) is 29.7. The molecule has 0 amide bonds. The SMILES string of the molecule is CC(C)(C)[Si]Cc1cc2c([cH-]1)CCCC2.CC(C)(C)[Si]Cc1cc2c([cH-]1)CCCC2.CC(C)(C)[Si]Cc1cc2c([cH-]1)CCCC2.[Cl-].[Cl-].[Cl-].[Ti+2].[Ti+2].[Ti+2]. The quantitative estimate of drug-likeness (QED) is 0.263. The molecule has 0 unspecified atom stereocenters. The second kappa shape index (κ2) is 26.6. The molecule has 0 nitrogen and oxygen atoms in total. The van der Waals surface area contributed by atoms with E-state index < -0.39 is 0 Å². The van der Waals surface area contributed by atoms with Crippen LogP contribution in [-0.2, 0) is 122 Å². The second-order valence-electron chi connectivity index (χ2n) is 17.2. The average Bonchev–Trinajstić information content (AvgIpc) is 3.69. The van der Waals surface area contributed by atoms with E-state index in [1.807, 2.05) is 0 Å². The van der Waals surface area contributed by atoms with Crippen LogP contribution in [0.25, 0.3) is 0 Å². The molecule has 0 aliphatic heterocycles. The van der Waals surface area contributed by atoms with Crippen LogP contribution in [0.15, 0.2) is 36.4 Å². The van der Waals surface area contributed by atoms with Crippen LogP contribution in [0.2, 0.25) is 15.1 Å². The predicted octanol–water partition coefficient (Wildman–Crippen LogP) is 2.13. The van der Waals surface area contributed by atoms with Gasteiger partial charge in [-0.05, 0) is 15.1 Å². The first kappa shape index (κ1) is 57.0. The first-order chi connectivity index (χ1) is 21.1. The number of aryl methyl sites for hydroxylation is 6. The van der Waals surface area contributed by atoms with Crippen molar-refractivity contribution in [2.45, 2.75) is 173 Å². The van der Waals surface area contributed by atoms with Gasteiger partial charge in [0.05, 0.1) is 0 Å². The summed E-state index contributed by atoms with van der Waals surface area (Å²) >= 11 is 0. The van der Waals surface area contributed by atoms with Crippen LogP contribution in [0.3, 0.4) is 0 Å². The zero-order chi connectivity index (χ0) is 32.7. The van der Waals surface area contributed by atoms with Crippen LogP contribution >= 0.6 is 0 Å². The Morgan fingerprint density at radius 1 is 0.412 bits per heavy atom. The van der Waals surface area contributed by atoms with Crippen LogP contribution in [0.4, 0.5) is 0 Å². The maximum Gasteiger partial charge on any atom is 2.00 e. The molecule has 3 aromatic carbocycles. The van der Waals surface area contributed by atoms with Crippen molar-refractivity contribution in [1.29, 1.82) is 0 Å². The number of fused-ring (bicyclic) bond motifs is 3. The van der Waals surface area contributed by atoms with E-state index in [0.717, 1.165) is 28.6 Å². The molecule has 0 saturated carbocycles. The Morgan fingerprint density at radius 3 is 0.824 bits per heavy atom.